The average Bonchev–Trinajstić information content (AvgIpc) is 3.05. The molecule has 0 amide bonds. The Balaban J connectivity index is 0.00000338. The van der Waals surface area contributed by atoms with Crippen molar-refractivity contribution in [1.82, 2.24) is 10.6 Å². The molecule has 5 nitrogen and oxygen atoms in total. The highest BCUT2D eigenvalue weighted by molar-refractivity contribution is 14.0. The highest BCUT2D eigenvalue weighted by Crippen LogP contribution is 2.32. The summed E-state index contributed by atoms with van der Waals surface area (Å²) in [5.41, 5.74) is 1.08. The molecule has 2 rings (SSSR count). The number of hydrogen-bond acceptors (Lipinski definition) is 3. The van der Waals surface area contributed by atoms with Crippen molar-refractivity contribution in [3.63, 3.8) is 0 Å². The molecule has 1 fully saturated rings. The van der Waals surface area contributed by atoms with Gasteiger partial charge in [-0.15, -0.1) is 24.0 Å². The number of nitrogens with one attached hydrogen (secondary N) is 2. The van der Waals surface area contributed by atoms with Crippen LogP contribution >= 0.6 is 24.0 Å². The van der Waals surface area contributed by atoms with Gasteiger partial charge in [0.25, 0.3) is 0 Å². The fraction of sp³-hybridized carbons (Fsp3) is 0.650. The molecule has 1 aromatic carbocycles. The minimum Gasteiger partial charge on any atom is -0.493 e. The number of halogens is 1. The lowest BCUT2D eigenvalue weighted by molar-refractivity contribution is 0.200. The molecule has 148 valence electrons. The van der Waals surface area contributed by atoms with Gasteiger partial charge in [0.15, 0.2) is 17.5 Å². The summed E-state index contributed by atoms with van der Waals surface area (Å²) in [6, 6.07) is 6.07. The molecule has 0 heterocycles. The van der Waals surface area contributed by atoms with Gasteiger partial charge in [0.1, 0.15) is 0 Å². The minimum atomic E-state index is -0.0301. The van der Waals surface area contributed by atoms with Crippen LogP contribution in [-0.4, -0.2) is 31.3 Å². The predicted octanol–water partition coefficient (Wildman–Crippen LogP) is 4.49. The number of benzene rings is 1. The van der Waals surface area contributed by atoms with Crippen LogP contribution in [0.4, 0.5) is 0 Å². The summed E-state index contributed by atoms with van der Waals surface area (Å²) in [5.74, 6) is 2.44. The van der Waals surface area contributed by atoms with Gasteiger partial charge >= 0.3 is 0 Å². The molecule has 0 aliphatic heterocycles. The fourth-order valence-corrected chi connectivity index (χ4v) is 2.93. The maximum absolute atomic E-state index is 6.17. The van der Waals surface area contributed by atoms with Crippen molar-refractivity contribution in [3.05, 3.63) is 23.8 Å². The van der Waals surface area contributed by atoms with Crippen LogP contribution < -0.4 is 20.1 Å². The molecular formula is C20H34IN3O2. The van der Waals surface area contributed by atoms with Gasteiger partial charge in [0.05, 0.1) is 19.8 Å². The molecule has 1 aliphatic rings. The lowest BCUT2D eigenvalue weighted by Gasteiger charge is -2.23. The molecule has 0 bridgehead atoms. The van der Waals surface area contributed by atoms with Gasteiger partial charge in [0, 0.05) is 12.1 Å². The number of guanidine groups is 1. The van der Waals surface area contributed by atoms with Crippen LogP contribution in [0.3, 0.4) is 0 Å². The van der Waals surface area contributed by atoms with E-state index in [-0.39, 0.29) is 29.5 Å². The molecule has 2 N–H and O–H groups in total. The Morgan fingerprint density at radius 3 is 2.46 bits per heavy atom. The Kier molecular flexibility index (Phi) is 9.54. The van der Waals surface area contributed by atoms with Gasteiger partial charge in [-0.05, 0) is 71.1 Å². The molecule has 6 heteroatoms. The first-order valence-corrected chi connectivity index (χ1v) is 9.31. The largest absolute Gasteiger partial charge is 0.493 e. The minimum absolute atomic E-state index is 0. The highest BCUT2D eigenvalue weighted by Gasteiger charge is 2.18. The monoisotopic (exact) mass is 475 g/mol. The quantitative estimate of drug-likeness (QED) is 0.362. The van der Waals surface area contributed by atoms with Crippen LogP contribution in [0.25, 0.3) is 0 Å². The molecule has 1 aliphatic carbocycles. The van der Waals surface area contributed by atoms with E-state index < -0.39 is 0 Å². The predicted molar refractivity (Wildman–Crippen MR) is 119 cm³/mol. The number of rotatable bonds is 6. The maximum atomic E-state index is 6.17. The van der Waals surface area contributed by atoms with Crippen LogP contribution in [-0.2, 0) is 6.54 Å². The number of methoxy groups -OCH3 is 1. The number of ether oxygens (including phenoxy) is 2. The third kappa shape index (κ3) is 7.60. The van der Waals surface area contributed by atoms with E-state index in [2.05, 4.69) is 44.4 Å². The topological polar surface area (TPSA) is 54.9 Å². The second kappa shape index (κ2) is 10.8. The first-order chi connectivity index (χ1) is 11.9. The molecule has 1 saturated carbocycles. The van der Waals surface area contributed by atoms with E-state index in [0.717, 1.165) is 42.4 Å². The van der Waals surface area contributed by atoms with Crippen LogP contribution in [0, 0.1) is 0 Å². The van der Waals surface area contributed by atoms with Crippen molar-refractivity contribution in [2.75, 3.05) is 13.7 Å². The van der Waals surface area contributed by atoms with Gasteiger partial charge in [-0.25, -0.2) is 4.99 Å². The van der Waals surface area contributed by atoms with Crippen molar-refractivity contribution in [3.8, 4) is 11.5 Å². The molecule has 0 unspecified atom stereocenters. The van der Waals surface area contributed by atoms with Crippen LogP contribution in [0.15, 0.2) is 23.2 Å². The Bertz CT molecular complexity index is 579. The summed E-state index contributed by atoms with van der Waals surface area (Å²) >= 11 is 0. The molecule has 0 spiro atoms. The molecule has 0 radical (unpaired) electrons. The Morgan fingerprint density at radius 1 is 1.19 bits per heavy atom. The molecule has 0 atom stereocenters. The second-order valence-corrected chi connectivity index (χ2v) is 7.58. The van der Waals surface area contributed by atoms with Crippen LogP contribution in [0.1, 0.15) is 58.9 Å². The molecule has 0 saturated heterocycles. The molecule has 0 aromatic heterocycles. The third-order valence-electron chi connectivity index (χ3n) is 4.08. The average molecular weight is 475 g/mol. The summed E-state index contributed by atoms with van der Waals surface area (Å²) in [6.45, 7) is 9.88. The van der Waals surface area contributed by atoms with Crippen molar-refractivity contribution in [2.24, 2.45) is 4.99 Å². The smallest absolute Gasteiger partial charge is 0.191 e. The Hall–Kier alpha value is -1.18. The van der Waals surface area contributed by atoms with Gasteiger partial charge in [0.2, 0.25) is 0 Å². The summed E-state index contributed by atoms with van der Waals surface area (Å²) in [6.07, 6.45) is 5.08. The number of nitrogens with zero attached hydrogens (tertiary/aromatic N) is 1. The zero-order valence-corrected chi connectivity index (χ0v) is 19.1. The van der Waals surface area contributed by atoms with Crippen molar-refractivity contribution in [2.45, 2.75) is 71.6 Å². The summed E-state index contributed by atoms with van der Waals surface area (Å²) in [7, 11) is 1.69. The maximum Gasteiger partial charge on any atom is 0.191 e. The number of hydrogen-bond donors (Lipinski definition) is 2. The SMILES string of the molecule is CCNC(=NCc1ccc(OC)c(OC2CCCC2)c1)NC(C)(C)C.I. The summed E-state index contributed by atoms with van der Waals surface area (Å²) in [5, 5.41) is 6.69. The van der Waals surface area contributed by atoms with E-state index in [9.17, 15) is 0 Å². The van der Waals surface area contributed by atoms with E-state index in [4.69, 9.17) is 14.5 Å². The van der Waals surface area contributed by atoms with Crippen molar-refractivity contribution >= 4 is 29.9 Å². The Labute approximate surface area is 175 Å². The van der Waals surface area contributed by atoms with Gasteiger partial charge in [-0.2, -0.15) is 0 Å². The van der Waals surface area contributed by atoms with E-state index in [1.54, 1.807) is 7.11 Å². The van der Waals surface area contributed by atoms with E-state index in [0.29, 0.717) is 12.6 Å². The van der Waals surface area contributed by atoms with Crippen molar-refractivity contribution < 1.29 is 9.47 Å². The van der Waals surface area contributed by atoms with Crippen LogP contribution in [0.5, 0.6) is 11.5 Å². The second-order valence-electron chi connectivity index (χ2n) is 7.58. The van der Waals surface area contributed by atoms with E-state index in [1.807, 2.05) is 12.1 Å². The fourth-order valence-electron chi connectivity index (χ4n) is 2.93. The Morgan fingerprint density at radius 2 is 1.88 bits per heavy atom. The highest BCUT2D eigenvalue weighted by atomic mass is 127. The first-order valence-electron chi connectivity index (χ1n) is 9.31. The normalized spacial score (nSPS) is 15.3. The lowest BCUT2D eigenvalue weighted by atomic mass is 10.1. The standard InChI is InChI=1S/C20H33N3O2.HI/c1-6-21-19(23-20(2,3)4)22-14-15-11-12-17(24-5)18(13-15)25-16-9-7-8-10-16;/h11-13,16H,6-10,14H2,1-5H3,(H2,21,22,23);1H. The zero-order valence-electron chi connectivity index (χ0n) is 16.7. The van der Waals surface area contributed by atoms with Crippen molar-refractivity contribution in [1.29, 1.82) is 0 Å². The van der Waals surface area contributed by atoms with Gasteiger partial charge in [-0.1, -0.05) is 6.07 Å². The zero-order chi connectivity index (χ0) is 18.3. The van der Waals surface area contributed by atoms with Gasteiger partial charge in [-0.3, -0.25) is 0 Å². The molecular weight excluding hydrogens is 441 g/mol. The summed E-state index contributed by atoms with van der Waals surface area (Å²) < 4.78 is 11.6. The van der Waals surface area contributed by atoms with E-state index >= 15 is 0 Å². The number of aliphatic imine (C=N–C) groups is 1. The summed E-state index contributed by atoms with van der Waals surface area (Å²) in [4.78, 5) is 4.70. The van der Waals surface area contributed by atoms with Crippen LogP contribution in [0.2, 0.25) is 0 Å². The van der Waals surface area contributed by atoms with E-state index in [1.165, 1.54) is 12.8 Å². The first kappa shape index (κ1) is 22.9. The molecule has 1 aromatic rings. The van der Waals surface area contributed by atoms with Gasteiger partial charge < -0.3 is 20.1 Å². The lowest BCUT2D eigenvalue weighted by Crippen LogP contribution is -2.47. The third-order valence-corrected chi connectivity index (χ3v) is 4.08. The molecule has 26 heavy (non-hydrogen) atoms.